The summed E-state index contributed by atoms with van der Waals surface area (Å²) >= 11 is 0. The minimum Gasteiger partial charge on any atom is -0.424 e. The monoisotopic (exact) mass is 283 g/mol. The topological polar surface area (TPSA) is 61.0 Å². The fourth-order valence-corrected chi connectivity index (χ4v) is 1.57. The van der Waals surface area contributed by atoms with Crippen LogP contribution in [0.1, 0.15) is 16.8 Å². The van der Waals surface area contributed by atoms with Crippen LogP contribution in [0, 0.1) is 13.8 Å². The summed E-state index contributed by atoms with van der Waals surface area (Å²) in [6.45, 7) is 3.51. The molecule has 0 radical (unpaired) electrons. The summed E-state index contributed by atoms with van der Waals surface area (Å²) in [6, 6.07) is 3.74. The number of aromatic nitrogens is 2. The van der Waals surface area contributed by atoms with Gasteiger partial charge >= 0.3 is 12.2 Å². The predicted octanol–water partition coefficient (Wildman–Crippen LogP) is 3.49. The number of hydrogen-bond acceptors (Lipinski definition) is 4. The number of ether oxygens (including phenoxy) is 1. The van der Waals surface area contributed by atoms with Crippen LogP contribution in [0.4, 0.5) is 18.9 Å². The fourth-order valence-electron chi connectivity index (χ4n) is 1.57. The lowest BCUT2D eigenvalue weighted by Gasteiger charge is -2.11. The molecule has 0 aliphatic rings. The van der Waals surface area contributed by atoms with Crippen LogP contribution in [0.25, 0.3) is 0 Å². The lowest BCUT2D eigenvalue weighted by atomic mass is 10.1. The predicted molar refractivity (Wildman–Crippen MR) is 67.4 cm³/mol. The van der Waals surface area contributed by atoms with E-state index in [9.17, 15) is 13.2 Å². The van der Waals surface area contributed by atoms with E-state index in [0.29, 0.717) is 17.0 Å². The first-order valence-corrected chi connectivity index (χ1v) is 5.72. The van der Waals surface area contributed by atoms with E-state index < -0.39 is 11.9 Å². The molecular formula is C13H12F3N3O. The van der Waals surface area contributed by atoms with E-state index >= 15 is 0 Å². The largest absolute Gasteiger partial charge is 0.433 e. The standard InChI is InChI=1S/C13H12F3N3O/c1-7-6-10(8(2)5-9(7)17)20-12-18-4-3-11(19-12)13(14,15)16/h3-6H,17H2,1-2H3. The number of aryl methyl sites for hydroxylation is 2. The summed E-state index contributed by atoms with van der Waals surface area (Å²) in [4.78, 5) is 7.02. The van der Waals surface area contributed by atoms with Crippen molar-refractivity contribution in [3.05, 3.63) is 41.2 Å². The van der Waals surface area contributed by atoms with Crippen molar-refractivity contribution >= 4 is 5.69 Å². The van der Waals surface area contributed by atoms with Gasteiger partial charge in [0.05, 0.1) is 0 Å². The van der Waals surface area contributed by atoms with Gasteiger partial charge in [-0.15, -0.1) is 0 Å². The highest BCUT2D eigenvalue weighted by Gasteiger charge is 2.33. The first kappa shape index (κ1) is 14.1. The molecule has 2 aromatic rings. The molecule has 0 unspecified atom stereocenters. The summed E-state index contributed by atoms with van der Waals surface area (Å²) in [5.41, 5.74) is 6.71. The Hall–Kier alpha value is -2.31. The maximum Gasteiger partial charge on any atom is 0.433 e. The normalized spacial score (nSPS) is 11.4. The molecule has 0 saturated heterocycles. The van der Waals surface area contributed by atoms with Crippen LogP contribution >= 0.6 is 0 Å². The summed E-state index contributed by atoms with van der Waals surface area (Å²) in [5.74, 6) is 0.371. The maximum atomic E-state index is 12.5. The lowest BCUT2D eigenvalue weighted by molar-refractivity contribution is -0.141. The molecule has 1 aromatic heterocycles. The third-order valence-electron chi connectivity index (χ3n) is 2.69. The molecule has 1 heterocycles. The second-order valence-corrected chi connectivity index (χ2v) is 4.30. The zero-order valence-electron chi connectivity index (χ0n) is 10.8. The number of nitrogen functional groups attached to an aromatic ring is 1. The maximum absolute atomic E-state index is 12.5. The molecule has 0 aliphatic carbocycles. The van der Waals surface area contributed by atoms with Gasteiger partial charge in [0.1, 0.15) is 5.75 Å². The second-order valence-electron chi connectivity index (χ2n) is 4.30. The molecule has 0 atom stereocenters. The van der Waals surface area contributed by atoms with Gasteiger partial charge in [-0.3, -0.25) is 0 Å². The van der Waals surface area contributed by atoms with Gasteiger partial charge in [0, 0.05) is 11.9 Å². The van der Waals surface area contributed by atoms with Crippen LogP contribution in [0.3, 0.4) is 0 Å². The van der Waals surface area contributed by atoms with Crippen molar-refractivity contribution in [2.45, 2.75) is 20.0 Å². The molecule has 106 valence electrons. The molecular weight excluding hydrogens is 271 g/mol. The molecule has 0 saturated carbocycles. The summed E-state index contributed by atoms with van der Waals surface area (Å²) in [6.07, 6.45) is -3.53. The Bertz CT molecular complexity index is 641. The Morgan fingerprint density at radius 2 is 1.85 bits per heavy atom. The average molecular weight is 283 g/mol. The van der Waals surface area contributed by atoms with Crippen molar-refractivity contribution in [1.82, 2.24) is 9.97 Å². The SMILES string of the molecule is Cc1cc(Oc2nccc(C(F)(F)F)n2)c(C)cc1N. The minimum absolute atomic E-state index is 0.355. The number of benzene rings is 1. The van der Waals surface area contributed by atoms with Crippen molar-refractivity contribution in [3.8, 4) is 11.8 Å². The van der Waals surface area contributed by atoms with Gasteiger partial charge in [-0.25, -0.2) is 4.98 Å². The molecule has 0 bridgehead atoms. The fraction of sp³-hybridized carbons (Fsp3) is 0.231. The summed E-state index contributed by atoms with van der Waals surface area (Å²) < 4.78 is 42.9. The highest BCUT2D eigenvalue weighted by atomic mass is 19.4. The number of alkyl halides is 3. The molecule has 0 aliphatic heterocycles. The minimum atomic E-state index is -4.53. The molecule has 7 heteroatoms. The molecule has 1 aromatic carbocycles. The summed E-state index contributed by atoms with van der Waals surface area (Å²) in [5, 5.41) is 0. The van der Waals surface area contributed by atoms with Crippen molar-refractivity contribution in [2.24, 2.45) is 0 Å². The summed E-state index contributed by atoms with van der Waals surface area (Å²) in [7, 11) is 0. The number of hydrogen-bond donors (Lipinski definition) is 1. The van der Waals surface area contributed by atoms with Crippen molar-refractivity contribution in [2.75, 3.05) is 5.73 Å². The van der Waals surface area contributed by atoms with Crippen LogP contribution in [-0.4, -0.2) is 9.97 Å². The average Bonchev–Trinajstić information content (AvgIpc) is 2.35. The molecule has 4 nitrogen and oxygen atoms in total. The van der Waals surface area contributed by atoms with Gasteiger partial charge in [-0.2, -0.15) is 18.2 Å². The number of nitrogens with two attached hydrogens (primary N) is 1. The molecule has 0 spiro atoms. The third kappa shape index (κ3) is 2.98. The van der Waals surface area contributed by atoms with Gasteiger partial charge in [-0.05, 0) is 43.2 Å². The van der Waals surface area contributed by atoms with Crippen LogP contribution in [-0.2, 0) is 6.18 Å². The van der Waals surface area contributed by atoms with Crippen LogP contribution in [0.15, 0.2) is 24.4 Å². The van der Waals surface area contributed by atoms with Crippen molar-refractivity contribution in [1.29, 1.82) is 0 Å². The smallest absolute Gasteiger partial charge is 0.424 e. The molecule has 2 rings (SSSR count). The molecule has 0 fully saturated rings. The van der Waals surface area contributed by atoms with E-state index in [-0.39, 0.29) is 6.01 Å². The Kier molecular flexibility index (Phi) is 3.52. The van der Waals surface area contributed by atoms with Gasteiger partial charge in [0.2, 0.25) is 0 Å². The van der Waals surface area contributed by atoms with E-state index in [0.717, 1.165) is 17.8 Å². The van der Waals surface area contributed by atoms with Crippen LogP contribution in [0.2, 0.25) is 0 Å². The molecule has 0 amide bonds. The first-order chi connectivity index (χ1) is 9.27. The first-order valence-electron chi connectivity index (χ1n) is 5.72. The molecule has 20 heavy (non-hydrogen) atoms. The zero-order chi connectivity index (χ0) is 14.9. The Morgan fingerprint density at radius 1 is 1.15 bits per heavy atom. The quantitative estimate of drug-likeness (QED) is 0.857. The van der Waals surface area contributed by atoms with Gasteiger partial charge < -0.3 is 10.5 Å². The van der Waals surface area contributed by atoms with Crippen LogP contribution < -0.4 is 10.5 Å². The second kappa shape index (κ2) is 4.99. The highest BCUT2D eigenvalue weighted by molar-refractivity contribution is 5.54. The Balaban J connectivity index is 2.33. The number of anilines is 1. The van der Waals surface area contributed by atoms with E-state index in [2.05, 4.69) is 9.97 Å². The van der Waals surface area contributed by atoms with E-state index in [1.807, 2.05) is 0 Å². The highest BCUT2D eigenvalue weighted by Crippen LogP contribution is 2.30. The number of rotatable bonds is 2. The van der Waals surface area contributed by atoms with Crippen molar-refractivity contribution in [3.63, 3.8) is 0 Å². The van der Waals surface area contributed by atoms with Gasteiger partial charge in [0.25, 0.3) is 0 Å². The zero-order valence-corrected chi connectivity index (χ0v) is 10.8. The van der Waals surface area contributed by atoms with E-state index in [1.165, 1.54) is 0 Å². The van der Waals surface area contributed by atoms with Crippen molar-refractivity contribution < 1.29 is 17.9 Å². The number of halogens is 3. The van der Waals surface area contributed by atoms with Gasteiger partial charge in [0.15, 0.2) is 5.69 Å². The molecule has 2 N–H and O–H groups in total. The Labute approximate surface area is 113 Å². The van der Waals surface area contributed by atoms with Gasteiger partial charge in [-0.1, -0.05) is 0 Å². The third-order valence-corrected chi connectivity index (χ3v) is 2.69. The lowest BCUT2D eigenvalue weighted by Crippen LogP contribution is -2.09. The van der Waals surface area contributed by atoms with E-state index in [1.54, 1.807) is 26.0 Å². The Morgan fingerprint density at radius 3 is 2.50 bits per heavy atom. The van der Waals surface area contributed by atoms with E-state index in [4.69, 9.17) is 10.5 Å². The van der Waals surface area contributed by atoms with Crippen LogP contribution in [0.5, 0.6) is 11.8 Å². The number of nitrogens with zero attached hydrogens (tertiary/aromatic N) is 2.